The van der Waals surface area contributed by atoms with E-state index in [0.29, 0.717) is 0 Å². The third kappa shape index (κ3) is 3.21. The van der Waals surface area contributed by atoms with E-state index in [2.05, 4.69) is 10.3 Å². The van der Waals surface area contributed by atoms with Crippen LogP contribution in [0.15, 0.2) is 36.5 Å². The maximum Gasteiger partial charge on any atom is 0.274 e. The lowest BCUT2D eigenvalue weighted by molar-refractivity contribution is -0.384. The van der Waals surface area contributed by atoms with Gasteiger partial charge in [0.25, 0.3) is 5.69 Å². The zero-order valence-electron chi connectivity index (χ0n) is 9.64. The van der Waals surface area contributed by atoms with E-state index in [4.69, 9.17) is 0 Å². The van der Waals surface area contributed by atoms with Crippen LogP contribution in [0.4, 0.5) is 20.3 Å². The van der Waals surface area contributed by atoms with Crippen LogP contribution in [-0.2, 0) is 6.54 Å². The van der Waals surface area contributed by atoms with E-state index in [1.165, 1.54) is 18.3 Å². The summed E-state index contributed by atoms with van der Waals surface area (Å²) in [5, 5.41) is 13.3. The van der Waals surface area contributed by atoms with Gasteiger partial charge in [0.05, 0.1) is 11.0 Å². The molecule has 0 saturated carbocycles. The Morgan fingerprint density at radius 2 is 2.05 bits per heavy atom. The summed E-state index contributed by atoms with van der Waals surface area (Å²) in [6, 6.07) is 5.56. The van der Waals surface area contributed by atoms with Crippen LogP contribution in [0.2, 0.25) is 0 Å². The molecule has 0 spiro atoms. The summed E-state index contributed by atoms with van der Waals surface area (Å²) in [4.78, 5) is 13.9. The van der Waals surface area contributed by atoms with Crippen molar-refractivity contribution in [3.05, 3.63) is 63.8 Å². The second-order valence-corrected chi connectivity index (χ2v) is 3.75. The lowest BCUT2D eigenvalue weighted by Gasteiger charge is -2.06. The molecule has 1 heterocycles. The molecular formula is C12H9F2N3O2. The fourth-order valence-electron chi connectivity index (χ4n) is 1.49. The highest BCUT2D eigenvalue weighted by molar-refractivity contribution is 5.44. The molecule has 0 radical (unpaired) electrons. The zero-order chi connectivity index (χ0) is 13.8. The van der Waals surface area contributed by atoms with Crippen molar-refractivity contribution in [2.24, 2.45) is 0 Å². The summed E-state index contributed by atoms with van der Waals surface area (Å²) in [5.41, 5.74) is -0.00878. The molecular weight excluding hydrogens is 256 g/mol. The Kier molecular flexibility index (Phi) is 3.65. The van der Waals surface area contributed by atoms with Crippen molar-refractivity contribution in [2.45, 2.75) is 6.54 Å². The lowest BCUT2D eigenvalue weighted by Crippen LogP contribution is -2.04. The van der Waals surface area contributed by atoms with Gasteiger partial charge < -0.3 is 5.32 Å². The van der Waals surface area contributed by atoms with Crippen LogP contribution < -0.4 is 5.32 Å². The number of hydrogen-bond donors (Lipinski definition) is 1. The Labute approximate surface area is 107 Å². The molecule has 2 rings (SSSR count). The summed E-state index contributed by atoms with van der Waals surface area (Å²) in [7, 11) is 0. The number of benzene rings is 1. The topological polar surface area (TPSA) is 68.1 Å². The number of hydrogen-bond acceptors (Lipinski definition) is 4. The number of nitro groups is 1. The molecule has 1 N–H and O–H groups in total. The van der Waals surface area contributed by atoms with E-state index in [1.54, 1.807) is 0 Å². The fourth-order valence-corrected chi connectivity index (χ4v) is 1.49. The Morgan fingerprint density at radius 3 is 2.79 bits per heavy atom. The molecule has 0 amide bonds. The molecule has 0 aliphatic heterocycles. The third-order valence-corrected chi connectivity index (χ3v) is 2.42. The Morgan fingerprint density at radius 1 is 1.26 bits per heavy atom. The van der Waals surface area contributed by atoms with Gasteiger partial charge in [-0.05, 0) is 18.2 Å². The number of rotatable bonds is 4. The monoisotopic (exact) mass is 265 g/mol. The molecule has 0 bridgehead atoms. The van der Waals surface area contributed by atoms with Crippen LogP contribution in [0, 0.1) is 21.7 Å². The summed E-state index contributed by atoms with van der Waals surface area (Å²) in [5.74, 6) is -0.887. The van der Waals surface area contributed by atoms with Crippen LogP contribution in [-0.4, -0.2) is 9.91 Å². The second-order valence-electron chi connectivity index (χ2n) is 3.75. The van der Waals surface area contributed by atoms with E-state index in [1.807, 2.05) is 0 Å². The SMILES string of the molecule is O=[N+]([O-])c1ccnc(NCc2cc(F)ccc2F)c1. The van der Waals surface area contributed by atoms with Crippen molar-refractivity contribution in [2.75, 3.05) is 5.32 Å². The van der Waals surface area contributed by atoms with E-state index < -0.39 is 16.6 Å². The van der Waals surface area contributed by atoms with E-state index >= 15 is 0 Å². The molecule has 0 aliphatic rings. The van der Waals surface area contributed by atoms with Crippen LogP contribution in [0.25, 0.3) is 0 Å². The molecule has 0 atom stereocenters. The van der Waals surface area contributed by atoms with Crippen molar-refractivity contribution in [1.29, 1.82) is 0 Å². The van der Waals surface area contributed by atoms with Crippen molar-refractivity contribution >= 4 is 11.5 Å². The second kappa shape index (κ2) is 5.38. The van der Waals surface area contributed by atoms with Gasteiger partial charge in [-0.1, -0.05) is 0 Å². The van der Waals surface area contributed by atoms with Gasteiger partial charge in [-0.15, -0.1) is 0 Å². The quantitative estimate of drug-likeness (QED) is 0.681. The van der Waals surface area contributed by atoms with Crippen molar-refractivity contribution in [1.82, 2.24) is 4.98 Å². The molecule has 1 aromatic carbocycles. The van der Waals surface area contributed by atoms with Gasteiger partial charge in [-0.25, -0.2) is 13.8 Å². The lowest BCUT2D eigenvalue weighted by atomic mass is 10.2. The first-order valence-corrected chi connectivity index (χ1v) is 5.34. The number of pyridine rings is 1. The molecule has 0 fully saturated rings. The largest absolute Gasteiger partial charge is 0.366 e. The van der Waals surface area contributed by atoms with Gasteiger partial charge in [0.2, 0.25) is 0 Å². The molecule has 0 saturated heterocycles. The normalized spacial score (nSPS) is 10.2. The third-order valence-electron chi connectivity index (χ3n) is 2.42. The summed E-state index contributed by atoms with van der Waals surface area (Å²) >= 11 is 0. The number of aromatic nitrogens is 1. The minimum absolute atomic E-state index is 0.0161. The molecule has 19 heavy (non-hydrogen) atoms. The van der Waals surface area contributed by atoms with Gasteiger partial charge >= 0.3 is 0 Å². The van der Waals surface area contributed by atoms with Crippen LogP contribution in [0.3, 0.4) is 0 Å². The standard InChI is InChI=1S/C12H9F2N3O2/c13-9-1-2-11(14)8(5-9)7-16-12-6-10(17(18)19)3-4-15-12/h1-6H,7H2,(H,15,16). The predicted molar refractivity (Wildman–Crippen MR) is 64.6 cm³/mol. The van der Waals surface area contributed by atoms with Crippen LogP contribution in [0.5, 0.6) is 0 Å². The number of nitrogens with zero attached hydrogens (tertiary/aromatic N) is 2. The van der Waals surface area contributed by atoms with Gasteiger partial charge in [0, 0.05) is 24.4 Å². The number of nitrogens with one attached hydrogen (secondary N) is 1. The van der Waals surface area contributed by atoms with Gasteiger partial charge in [-0.3, -0.25) is 10.1 Å². The maximum absolute atomic E-state index is 13.3. The first-order valence-electron chi connectivity index (χ1n) is 5.34. The first kappa shape index (κ1) is 12.9. The predicted octanol–water partition coefficient (Wildman–Crippen LogP) is 2.88. The maximum atomic E-state index is 13.3. The highest BCUT2D eigenvalue weighted by Gasteiger charge is 2.08. The molecule has 98 valence electrons. The molecule has 2 aromatic rings. The van der Waals surface area contributed by atoms with Crippen LogP contribution in [0.1, 0.15) is 5.56 Å². The molecule has 1 aromatic heterocycles. The molecule has 7 heteroatoms. The number of anilines is 1. The zero-order valence-corrected chi connectivity index (χ0v) is 9.64. The minimum Gasteiger partial charge on any atom is -0.366 e. The Bertz CT molecular complexity index is 620. The Hall–Kier alpha value is -2.57. The fraction of sp³-hybridized carbons (Fsp3) is 0.0833. The average Bonchev–Trinajstić information content (AvgIpc) is 2.40. The van der Waals surface area contributed by atoms with Gasteiger partial charge in [-0.2, -0.15) is 0 Å². The highest BCUT2D eigenvalue weighted by atomic mass is 19.1. The number of halogens is 2. The summed E-state index contributed by atoms with van der Waals surface area (Å²) < 4.78 is 26.3. The Balaban J connectivity index is 2.12. The van der Waals surface area contributed by atoms with Gasteiger partial charge in [0.1, 0.15) is 17.5 Å². The van der Waals surface area contributed by atoms with E-state index in [9.17, 15) is 18.9 Å². The minimum atomic E-state index is -0.560. The highest BCUT2D eigenvalue weighted by Crippen LogP contribution is 2.16. The molecule has 0 aliphatic carbocycles. The van der Waals surface area contributed by atoms with Crippen molar-refractivity contribution < 1.29 is 13.7 Å². The van der Waals surface area contributed by atoms with E-state index in [0.717, 1.165) is 18.2 Å². The molecule has 0 unspecified atom stereocenters. The molecule has 5 nitrogen and oxygen atoms in total. The van der Waals surface area contributed by atoms with Crippen molar-refractivity contribution in [3.63, 3.8) is 0 Å². The van der Waals surface area contributed by atoms with E-state index in [-0.39, 0.29) is 23.6 Å². The smallest absolute Gasteiger partial charge is 0.274 e. The summed E-state index contributed by atoms with van der Waals surface area (Å²) in [6.45, 7) is -0.0161. The average molecular weight is 265 g/mol. The first-order chi connectivity index (χ1) is 9.06. The van der Waals surface area contributed by atoms with Crippen molar-refractivity contribution in [3.8, 4) is 0 Å². The van der Waals surface area contributed by atoms with Crippen LogP contribution >= 0.6 is 0 Å². The summed E-state index contributed by atoms with van der Waals surface area (Å²) in [6.07, 6.45) is 1.27. The van der Waals surface area contributed by atoms with Gasteiger partial charge in [0.15, 0.2) is 0 Å².